The summed E-state index contributed by atoms with van der Waals surface area (Å²) in [5.74, 6) is -1.31. The Morgan fingerprint density at radius 3 is 2.04 bits per heavy atom. The van der Waals surface area contributed by atoms with E-state index < -0.39 is 62.5 Å². The molecule has 2 aromatic carbocycles. The van der Waals surface area contributed by atoms with Crippen LogP contribution in [-0.4, -0.2) is 82.3 Å². The van der Waals surface area contributed by atoms with Crippen molar-refractivity contribution in [2.45, 2.75) is 30.1 Å². The lowest BCUT2D eigenvalue weighted by molar-refractivity contribution is 0.0927. The van der Waals surface area contributed by atoms with Crippen LogP contribution in [-0.2, 0) is 30.4 Å². The third kappa shape index (κ3) is 8.47. The Morgan fingerprint density at radius 1 is 0.957 bits per heavy atom. The normalized spacial score (nSPS) is 12.9. The Hall–Kier alpha value is -4.04. The van der Waals surface area contributed by atoms with Crippen LogP contribution in [0.1, 0.15) is 41.0 Å². The van der Waals surface area contributed by atoms with Gasteiger partial charge < -0.3 is 15.1 Å². The molecule has 1 aliphatic carbocycles. The van der Waals surface area contributed by atoms with E-state index in [1.807, 2.05) is 6.92 Å². The van der Waals surface area contributed by atoms with Gasteiger partial charge >= 0.3 is 0 Å². The molecule has 1 heterocycles. The van der Waals surface area contributed by atoms with Crippen LogP contribution in [0.2, 0.25) is 0 Å². The number of nitrogen functional groups attached to an aromatic ring is 1. The minimum atomic E-state index is -5.07. The lowest BCUT2D eigenvalue weighted by atomic mass is 9.88. The molecule has 0 saturated heterocycles. The van der Waals surface area contributed by atoms with Crippen molar-refractivity contribution in [2.75, 3.05) is 32.1 Å². The summed E-state index contributed by atoms with van der Waals surface area (Å²) in [6.45, 7) is 3.95. The van der Waals surface area contributed by atoms with E-state index in [9.17, 15) is 43.9 Å². The molecule has 2 aromatic rings. The molecule has 0 amide bonds. The molecular formula is C29H33N3O12S3. The minimum absolute atomic E-state index is 0.00344. The lowest BCUT2D eigenvalue weighted by Crippen LogP contribution is -2.21. The summed E-state index contributed by atoms with van der Waals surface area (Å²) < 4.78 is 103. The van der Waals surface area contributed by atoms with E-state index in [0.29, 0.717) is 19.3 Å². The van der Waals surface area contributed by atoms with E-state index in [4.69, 9.17) is 20.1 Å². The Bertz CT molecular complexity index is 2230. The van der Waals surface area contributed by atoms with Crippen molar-refractivity contribution in [1.29, 1.82) is 5.41 Å². The quantitative estimate of drug-likeness (QED) is 0.0520. The fourth-order valence-electron chi connectivity index (χ4n) is 4.61. The fourth-order valence-corrected chi connectivity index (χ4v) is 6.68. The molecule has 0 fully saturated rings. The third-order valence-corrected chi connectivity index (χ3v) is 9.66. The molecular weight excluding hydrogens is 679 g/mol. The average molecular weight is 712 g/mol. The Labute approximate surface area is 271 Å². The van der Waals surface area contributed by atoms with Crippen molar-refractivity contribution in [3.63, 3.8) is 0 Å². The van der Waals surface area contributed by atoms with E-state index >= 15 is 0 Å². The van der Waals surface area contributed by atoms with Crippen LogP contribution in [0.25, 0.3) is 33.4 Å². The van der Waals surface area contributed by atoms with Crippen molar-refractivity contribution in [3.8, 4) is 22.5 Å². The van der Waals surface area contributed by atoms with E-state index in [2.05, 4.69) is 0 Å². The van der Waals surface area contributed by atoms with E-state index in [-0.39, 0.29) is 50.7 Å². The molecule has 1 unspecified atom stereocenters. The molecule has 1 atom stereocenters. The number of hydrogen-bond donors (Lipinski definition) is 5. The molecule has 0 spiro atoms. The summed E-state index contributed by atoms with van der Waals surface area (Å²) >= 11 is 0. The summed E-state index contributed by atoms with van der Waals surface area (Å²) in [4.78, 5) is 24.8. The second kappa shape index (κ2) is 14.0. The summed E-state index contributed by atoms with van der Waals surface area (Å²) in [7, 11) is -10.4. The maximum Gasteiger partial charge on any atom is 0.300 e. The van der Waals surface area contributed by atoms with Gasteiger partial charge in [0.15, 0.2) is 33.2 Å². The first-order valence-corrected chi connectivity index (χ1v) is 18.2. The van der Waals surface area contributed by atoms with Gasteiger partial charge in [-0.2, -0.15) is 25.3 Å². The van der Waals surface area contributed by atoms with Gasteiger partial charge in [-0.05, 0) is 56.4 Å². The van der Waals surface area contributed by atoms with Gasteiger partial charge in [0.1, 0.15) is 0 Å². The highest BCUT2D eigenvalue weighted by atomic mass is 32.2. The zero-order valence-corrected chi connectivity index (χ0v) is 28.0. The zero-order valence-electron chi connectivity index (χ0n) is 25.6. The maximum atomic E-state index is 12.7. The van der Waals surface area contributed by atoms with Crippen LogP contribution in [0.3, 0.4) is 0 Å². The van der Waals surface area contributed by atoms with Gasteiger partial charge in [0.05, 0.1) is 16.8 Å². The van der Waals surface area contributed by atoms with Crippen LogP contribution in [0.4, 0.5) is 5.69 Å². The molecule has 18 heteroatoms. The number of nitrogens with one attached hydrogen (secondary N) is 1. The van der Waals surface area contributed by atoms with Crippen molar-refractivity contribution >= 4 is 59.1 Å². The summed E-state index contributed by atoms with van der Waals surface area (Å²) in [5, 5.41) is 7.40. The maximum absolute atomic E-state index is 12.7. The topological polar surface area (TPSA) is 264 Å². The van der Waals surface area contributed by atoms with Gasteiger partial charge in [0.2, 0.25) is 0 Å². The molecule has 254 valence electrons. The average Bonchev–Trinajstić information content (AvgIpc) is 2.96. The number of aldehydes is 1. The van der Waals surface area contributed by atoms with Gasteiger partial charge in [0.25, 0.3) is 30.4 Å². The standard InChI is InChI=1S/C25H22N2O9S2.C4H11NO3S/c1-3-12(2)21(29)13-4-5-15(14(10-13)11-28)20-16-6-8-18(26)24(37(30,31)32)22(16)36-23-17(20)7-9-19(27)25(23)38(33,34)35;1-5(2)3-4-9(6,7)8/h4-12,26H,3,27H2,1-2H3,(H,30,31,32)(H,33,34,35);3-4H2,1-2H3,(H,6,7,8). The SMILES string of the molecule is CCC(C)C(=O)c1ccc(-c2c3ccc(=N)c(S(=O)(=O)O)c-3oc3c(S(=O)(=O)O)c(N)ccc23)c(C=O)c1.CN(C)CCS(=O)(=O)O. The van der Waals surface area contributed by atoms with Crippen LogP contribution >= 0.6 is 0 Å². The van der Waals surface area contributed by atoms with Crippen molar-refractivity contribution in [3.05, 3.63) is 58.9 Å². The second-order valence-corrected chi connectivity index (χ2v) is 15.1. The molecule has 6 N–H and O–H groups in total. The summed E-state index contributed by atoms with van der Waals surface area (Å²) in [6.07, 6.45) is 1.05. The Balaban J connectivity index is 0.000000584. The van der Waals surface area contributed by atoms with Gasteiger partial charge in [-0.15, -0.1) is 0 Å². The number of carbonyl (C=O) groups is 2. The summed E-state index contributed by atoms with van der Waals surface area (Å²) in [6, 6.07) is 9.20. The molecule has 2 aliphatic rings. The number of hydrogen-bond acceptors (Lipinski definition) is 12. The van der Waals surface area contributed by atoms with Crippen LogP contribution in [0, 0.1) is 11.3 Å². The number of carbonyl (C=O) groups excluding carboxylic acids is 2. The number of anilines is 1. The van der Waals surface area contributed by atoms with Crippen LogP contribution in [0.15, 0.2) is 56.7 Å². The number of nitrogens with zero attached hydrogens (tertiary/aromatic N) is 1. The second-order valence-electron chi connectivity index (χ2n) is 10.8. The van der Waals surface area contributed by atoms with E-state index in [1.165, 1.54) is 36.4 Å². The van der Waals surface area contributed by atoms with E-state index in [0.717, 1.165) is 6.07 Å². The molecule has 47 heavy (non-hydrogen) atoms. The first-order chi connectivity index (χ1) is 21.6. The molecule has 1 aliphatic heterocycles. The first-order valence-electron chi connectivity index (χ1n) is 13.7. The smallest absolute Gasteiger partial charge is 0.300 e. The highest BCUT2D eigenvalue weighted by Crippen LogP contribution is 2.45. The molecule has 0 bridgehead atoms. The van der Waals surface area contributed by atoms with Crippen molar-refractivity contribution in [2.24, 2.45) is 5.92 Å². The highest BCUT2D eigenvalue weighted by molar-refractivity contribution is 7.86. The molecule has 0 aromatic heterocycles. The number of fused-ring (bicyclic) bond motifs is 2. The number of rotatable bonds is 10. The summed E-state index contributed by atoms with van der Waals surface area (Å²) in [5.41, 5.74) is 5.34. The minimum Gasteiger partial charge on any atom is -0.453 e. The molecule has 0 radical (unpaired) electrons. The monoisotopic (exact) mass is 711 g/mol. The predicted molar refractivity (Wildman–Crippen MR) is 172 cm³/mol. The molecule has 4 rings (SSSR count). The van der Waals surface area contributed by atoms with Gasteiger partial charge in [0, 0.05) is 40.1 Å². The van der Waals surface area contributed by atoms with Crippen LogP contribution < -0.4 is 11.1 Å². The fraction of sp³-hybridized carbons (Fsp3) is 0.276. The first kappa shape index (κ1) is 37.4. The number of Topliss-reactive ketones (excluding diaryl/α,β-unsaturated/α-hetero) is 1. The third-order valence-electron chi connectivity index (χ3n) is 7.10. The van der Waals surface area contributed by atoms with Crippen molar-refractivity contribution < 1.29 is 52.9 Å². The largest absolute Gasteiger partial charge is 0.453 e. The molecule has 15 nitrogen and oxygen atoms in total. The lowest BCUT2D eigenvalue weighted by Gasteiger charge is -2.20. The number of benzene rings is 3. The number of ketones is 1. The zero-order chi connectivity index (χ0) is 35.6. The Kier molecular flexibility index (Phi) is 11.1. The predicted octanol–water partition coefficient (Wildman–Crippen LogP) is 3.24. The van der Waals surface area contributed by atoms with Crippen LogP contribution in [0.5, 0.6) is 0 Å². The molecule has 0 saturated carbocycles. The highest BCUT2D eigenvalue weighted by Gasteiger charge is 2.31. The number of nitrogens with two attached hydrogens (primary N) is 1. The van der Waals surface area contributed by atoms with Gasteiger partial charge in [-0.1, -0.05) is 26.0 Å². The van der Waals surface area contributed by atoms with Gasteiger partial charge in [-0.25, -0.2) is 0 Å². The van der Waals surface area contributed by atoms with Gasteiger partial charge in [-0.3, -0.25) is 28.7 Å². The van der Waals surface area contributed by atoms with Crippen molar-refractivity contribution in [1.82, 2.24) is 4.90 Å². The van der Waals surface area contributed by atoms with E-state index in [1.54, 1.807) is 25.9 Å². The Morgan fingerprint density at radius 2 is 1.55 bits per heavy atom.